The number of nitrogens with zero attached hydrogens (tertiary/aromatic N) is 1. The molecule has 0 saturated heterocycles. The van der Waals surface area contributed by atoms with Crippen LogP contribution in [0, 0.1) is 22.9 Å². The van der Waals surface area contributed by atoms with Crippen LogP contribution < -0.4 is 5.32 Å². The first kappa shape index (κ1) is 14.9. The number of hydrogen-bond donors (Lipinski definition) is 1. The second-order valence-corrected chi connectivity index (χ2v) is 3.99. The number of nitro benzene ring substituents is 1. The highest BCUT2D eigenvalue weighted by Gasteiger charge is 2.21. The summed E-state index contributed by atoms with van der Waals surface area (Å²) in [6.45, 7) is 4.88. The zero-order valence-corrected chi connectivity index (χ0v) is 10.9. The van der Waals surface area contributed by atoms with Gasteiger partial charge in [0.05, 0.1) is 17.6 Å². The van der Waals surface area contributed by atoms with Crippen LogP contribution in [-0.4, -0.2) is 23.5 Å². The van der Waals surface area contributed by atoms with E-state index in [1.165, 1.54) is 19.9 Å². The van der Waals surface area contributed by atoms with Crippen LogP contribution in [0.3, 0.4) is 0 Å². The largest absolute Gasteiger partial charge is 0.464 e. The molecule has 1 atom stereocenters. The molecule has 0 aliphatic rings. The lowest BCUT2D eigenvalue weighted by molar-refractivity contribution is -0.384. The molecule has 0 heterocycles. The van der Waals surface area contributed by atoms with Gasteiger partial charge < -0.3 is 10.1 Å². The number of nitro groups is 1. The van der Waals surface area contributed by atoms with Crippen LogP contribution in [0.5, 0.6) is 0 Å². The molecular formula is C12H15FN2O4. The average Bonchev–Trinajstić information content (AvgIpc) is 2.33. The Labute approximate surface area is 109 Å². The van der Waals surface area contributed by atoms with E-state index in [-0.39, 0.29) is 17.9 Å². The van der Waals surface area contributed by atoms with Crippen molar-refractivity contribution in [3.8, 4) is 0 Å². The monoisotopic (exact) mass is 270 g/mol. The summed E-state index contributed by atoms with van der Waals surface area (Å²) >= 11 is 0. The maximum Gasteiger partial charge on any atom is 0.328 e. The van der Waals surface area contributed by atoms with E-state index in [9.17, 15) is 19.3 Å². The van der Waals surface area contributed by atoms with Crippen molar-refractivity contribution in [2.45, 2.75) is 26.8 Å². The van der Waals surface area contributed by atoms with Crippen LogP contribution in [0.1, 0.15) is 19.4 Å². The zero-order chi connectivity index (χ0) is 14.6. The number of esters is 1. The quantitative estimate of drug-likeness (QED) is 0.504. The fraction of sp³-hybridized carbons (Fsp3) is 0.417. The highest BCUT2D eigenvalue weighted by atomic mass is 19.1. The van der Waals surface area contributed by atoms with E-state index in [1.807, 2.05) is 0 Å². The lowest BCUT2D eigenvalue weighted by Gasteiger charge is -2.14. The van der Waals surface area contributed by atoms with Gasteiger partial charge in [0.2, 0.25) is 0 Å². The highest BCUT2D eigenvalue weighted by molar-refractivity contribution is 5.80. The van der Waals surface area contributed by atoms with Crippen LogP contribution in [0.4, 0.5) is 15.8 Å². The summed E-state index contributed by atoms with van der Waals surface area (Å²) in [6.07, 6.45) is 0. The molecule has 0 bridgehead atoms. The van der Waals surface area contributed by atoms with Gasteiger partial charge in [-0.15, -0.1) is 0 Å². The molecule has 104 valence electrons. The molecule has 1 unspecified atom stereocenters. The predicted octanol–water partition coefficient (Wildman–Crippen LogP) is 2.41. The molecule has 0 amide bonds. The summed E-state index contributed by atoms with van der Waals surface area (Å²) in [6, 6.07) is 1.36. The Morgan fingerprint density at radius 1 is 1.58 bits per heavy atom. The minimum atomic E-state index is -0.761. The Morgan fingerprint density at radius 2 is 2.21 bits per heavy atom. The van der Waals surface area contributed by atoms with Crippen LogP contribution >= 0.6 is 0 Å². The molecule has 0 fully saturated rings. The molecule has 6 nitrogen and oxygen atoms in total. The van der Waals surface area contributed by atoms with E-state index in [4.69, 9.17) is 4.74 Å². The number of rotatable bonds is 5. The third-order valence-corrected chi connectivity index (χ3v) is 2.49. The SMILES string of the molecule is CCOC(=O)C(C)Nc1cc(C)c(F)cc1[N+](=O)[O-]. The molecule has 1 rings (SSSR count). The highest BCUT2D eigenvalue weighted by Crippen LogP contribution is 2.28. The second-order valence-electron chi connectivity index (χ2n) is 3.99. The van der Waals surface area contributed by atoms with Gasteiger partial charge in [0, 0.05) is 0 Å². The average molecular weight is 270 g/mol. The van der Waals surface area contributed by atoms with Gasteiger partial charge >= 0.3 is 5.97 Å². The number of anilines is 1. The first-order valence-electron chi connectivity index (χ1n) is 5.74. The molecule has 1 aromatic rings. The Balaban J connectivity index is 3.03. The minimum absolute atomic E-state index is 0.0875. The molecule has 0 aromatic heterocycles. The molecule has 19 heavy (non-hydrogen) atoms. The van der Waals surface area contributed by atoms with Gasteiger partial charge in [-0.1, -0.05) is 0 Å². The molecule has 0 aliphatic heterocycles. The van der Waals surface area contributed by atoms with Crippen molar-refractivity contribution < 1.29 is 18.8 Å². The predicted molar refractivity (Wildman–Crippen MR) is 67.5 cm³/mol. The summed E-state index contributed by atoms with van der Waals surface area (Å²) in [7, 11) is 0. The van der Waals surface area contributed by atoms with E-state index in [1.54, 1.807) is 6.92 Å². The lowest BCUT2D eigenvalue weighted by atomic mass is 10.1. The molecule has 0 radical (unpaired) electrons. The fourth-order valence-electron chi connectivity index (χ4n) is 1.50. The lowest BCUT2D eigenvalue weighted by Crippen LogP contribution is -2.28. The number of ether oxygens (including phenoxy) is 1. The molecule has 0 spiro atoms. The van der Waals surface area contributed by atoms with Gasteiger partial charge in [-0.25, -0.2) is 9.18 Å². The first-order chi connectivity index (χ1) is 8.86. The molecule has 1 aromatic carbocycles. The summed E-state index contributed by atoms with van der Waals surface area (Å²) in [5.41, 5.74) is -0.0761. The van der Waals surface area contributed by atoms with E-state index < -0.39 is 28.4 Å². The van der Waals surface area contributed by atoms with Gasteiger partial charge in [0.25, 0.3) is 5.69 Å². The molecule has 7 heteroatoms. The number of halogens is 1. The smallest absolute Gasteiger partial charge is 0.328 e. The third-order valence-electron chi connectivity index (χ3n) is 2.49. The van der Waals surface area contributed by atoms with E-state index in [2.05, 4.69) is 5.32 Å². The molecule has 0 saturated carbocycles. The van der Waals surface area contributed by atoms with Crippen molar-refractivity contribution in [3.63, 3.8) is 0 Å². The van der Waals surface area contributed by atoms with Gasteiger partial charge in [0.1, 0.15) is 17.5 Å². The minimum Gasteiger partial charge on any atom is -0.464 e. The Kier molecular flexibility index (Phi) is 4.80. The van der Waals surface area contributed by atoms with Crippen molar-refractivity contribution in [1.82, 2.24) is 0 Å². The topological polar surface area (TPSA) is 81.5 Å². The fourth-order valence-corrected chi connectivity index (χ4v) is 1.50. The molecule has 0 aliphatic carbocycles. The normalized spacial score (nSPS) is 11.8. The first-order valence-corrected chi connectivity index (χ1v) is 5.74. The standard InChI is InChI=1S/C12H15FN2O4/c1-4-19-12(16)8(3)14-10-5-7(2)9(13)6-11(10)15(17)18/h5-6,8,14H,4H2,1-3H3. The van der Waals surface area contributed by atoms with E-state index in [0.29, 0.717) is 0 Å². The van der Waals surface area contributed by atoms with Crippen molar-refractivity contribution in [2.75, 3.05) is 11.9 Å². The van der Waals surface area contributed by atoms with E-state index in [0.717, 1.165) is 6.07 Å². The summed E-state index contributed by atoms with van der Waals surface area (Å²) in [4.78, 5) is 21.6. The maximum absolute atomic E-state index is 13.3. The van der Waals surface area contributed by atoms with Crippen molar-refractivity contribution in [1.29, 1.82) is 0 Å². The third kappa shape index (κ3) is 3.64. The van der Waals surface area contributed by atoms with Crippen LogP contribution in [0.25, 0.3) is 0 Å². The maximum atomic E-state index is 13.3. The van der Waals surface area contributed by atoms with Crippen LogP contribution in [0.15, 0.2) is 12.1 Å². The summed E-state index contributed by atoms with van der Waals surface area (Å²) in [5.74, 6) is -1.19. The Bertz CT molecular complexity index is 505. The number of hydrogen-bond acceptors (Lipinski definition) is 5. The van der Waals surface area contributed by atoms with Gasteiger partial charge in [0.15, 0.2) is 0 Å². The van der Waals surface area contributed by atoms with Crippen LogP contribution in [-0.2, 0) is 9.53 Å². The van der Waals surface area contributed by atoms with E-state index >= 15 is 0 Å². The summed E-state index contributed by atoms with van der Waals surface area (Å²) in [5, 5.41) is 13.5. The van der Waals surface area contributed by atoms with Gasteiger partial charge in [-0.3, -0.25) is 10.1 Å². The number of aryl methyl sites for hydroxylation is 1. The summed E-state index contributed by atoms with van der Waals surface area (Å²) < 4.78 is 18.1. The number of nitrogens with one attached hydrogen (secondary N) is 1. The number of carbonyl (C=O) groups excluding carboxylic acids is 1. The zero-order valence-electron chi connectivity index (χ0n) is 10.9. The van der Waals surface area contributed by atoms with Crippen molar-refractivity contribution in [2.24, 2.45) is 0 Å². The van der Waals surface area contributed by atoms with Gasteiger partial charge in [-0.2, -0.15) is 0 Å². The number of benzene rings is 1. The Morgan fingerprint density at radius 3 is 2.74 bits per heavy atom. The van der Waals surface area contributed by atoms with Crippen molar-refractivity contribution >= 4 is 17.3 Å². The second kappa shape index (κ2) is 6.12. The Hall–Kier alpha value is -2.18. The molecule has 1 N–H and O–H groups in total. The van der Waals surface area contributed by atoms with Crippen LogP contribution in [0.2, 0.25) is 0 Å². The van der Waals surface area contributed by atoms with Gasteiger partial charge in [-0.05, 0) is 32.4 Å². The molecular weight excluding hydrogens is 255 g/mol. The van der Waals surface area contributed by atoms with Crippen molar-refractivity contribution in [3.05, 3.63) is 33.6 Å². The number of carbonyl (C=O) groups is 1.